The van der Waals surface area contributed by atoms with E-state index in [1.165, 1.54) is 6.08 Å². The maximum Gasteiger partial charge on any atom is 0.352 e. The number of hydrogen-bond acceptors (Lipinski definition) is 3. The molecule has 0 saturated heterocycles. The van der Waals surface area contributed by atoms with Crippen LogP contribution in [-0.2, 0) is 4.79 Å². The number of carboxylic acids is 1. The molecule has 0 aliphatic carbocycles. The summed E-state index contributed by atoms with van der Waals surface area (Å²) < 4.78 is 34.0. The van der Waals surface area contributed by atoms with Crippen LogP contribution in [0.1, 0.15) is 15.9 Å². The van der Waals surface area contributed by atoms with Gasteiger partial charge in [0.2, 0.25) is 0 Å². The third-order valence-corrected chi connectivity index (χ3v) is 4.58. The van der Waals surface area contributed by atoms with Crippen molar-refractivity contribution in [3.63, 3.8) is 0 Å². The van der Waals surface area contributed by atoms with Crippen molar-refractivity contribution < 1.29 is 28.2 Å². The molecule has 0 atom stereocenters. The fraction of sp³-hybridized carbons (Fsp3) is 0. The van der Waals surface area contributed by atoms with Crippen molar-refractivity contribution in [3.05, 3.63) is 99.7 Å². The smallest absolute Gasteiger partial charge is 0.352 e. The molecule has 3 rings (SSSR count). The molecule has 0 unspecified atom stereocenters. The highest BCUT2D eigenvalue weighted by molar-refractivity contribution is 9.10. The number of nitrogens with one attached hydrogen (secondary N) is 1. The standard InChI is InChI=1S/C22H14BrF2NO4/c23-15-4-1-2-7-19(15)30-14-10-8-13(9-11-14)12-18(22(28)29)26-21(27)20-16(24)5-3-6-17(20)25/h1-12H,(H,26,27)(H,28,29)/b18-12-. The highest BCUT2D eigenvalue weighted by Crippen LogP contribution is 2.29. The second-order valence-corrected chi connectivity index (χ2v) is 6.87. The predicted molar refractivity (Wildman–Crippen MR) is 110 cm³/mol. The van der Waals surface area contributed by atoms with Crippen LogP contribution >= 0.6 is 15.9 Å². The lowest BCUT2D eigenvalue weighted by atomic mass is 10.1. The predicted octanol–water partition coefficient (Wildman–Crippen LogP) is 5.38. The summed E-state index contributed by atoms with van der Waals surface area (Å²) in [4.78, 5) is 23.6. The second-order valence-electron chi connectivity index (χ2n) is 6.02. The van der Waals surface area contributed by atoms with Crippen molar-refractivity contribution in [3.8, 4) is 11.5 Å². The van der Waals surface area contributed by atoms with Crippen molar-refractivity contribution in [1.29, 1.82) is 0 Å². The minimum absolute atomic E-state index is 0.432. The van der Waals surface area contributed by atoms with E-state index in [0.717, 1.165) is 22.7 Å². The van der Waals surface area contributed by atoms with Gasteiger partial charge >= 0.3 is 5.97 Å². The van der Waals surface area contributed by atoms with Crippen LogP contribution in [0.2, 0.25) is 0 Å². The Kier molecular flexibility index (Phi) is 6.58. The van der Waals surface area contributed by atoms with E-state index < -0.39 is 34.8 Å². The molecule has 2 N–H and O–H groups in total. The number of carbonyl (C=O) groups is 2. The van der Waals surface area contributed by atoms with Gasteiger partial charge in [-0.15, -0.1) is 0 Å². The van der Waals surface area contributed by atoms with Crippen LogP contribution in [0.4, 0.5) is 8.78 Å². The molecule has 5 nitrogen and oxygen atoms in total. The topological polar surface area (TPSA) is 75.6 Å². The minimum atomic E-state index is -1.46. The van der Waals surface area contributed by atoms with E-state index in [2.05, 4.69) is 15.9 Å². The highest BCUT2D eigenvalue weighted by atomic mass is 79.9. The van der Waals surface area contributed by atoms with Gasteiger partial charge in [0.15, 0.2) is 0 Å². The molecule has 0 aliphatic rings. The molecule has 152 valence electrons. The Hall–Kier alpha value is -3.52. The fourth-order valence-corrected chi connectivity index (χ4v) is 2.87. The maximum absolute atomic E-state index is 13.7. The number of carbonyl (C=O) groups excluding carboxylic acids is 1. The summed E-state index contributed by atoms with van der Waals surface area (Å²) in [5.41, 5.74) is -0.967. The van der Waals surface area contributed by atoms with Crippen LogP contribution in [0.5, 0.6) is 11.5 Å². The van der Waals surface area contributed by atoms with Crippen LogP contribution in [-0.4, -0.2) is 17.0 Å². The second kappa shape index (κ2) is 9.32. The number of rotatable bonds is 6. The van der Waals surface area contributed by atoms with E-state index in [0.29, 0.717) is 17.1 Å². The Labute approximate surface area is 178 Å². The molecule has 8 heteroatoms. The van der Waals surface area contributed by atoms with Crippen LogP contribution in [0, 0.1) is 11.6 Å². The van der Waals surface area contributed by atoms with Gasteiger partial charge in [-0.3, -0.25) is 4.79 Å². The van der Waals surface area contributed by atoms with Gasteiger partial charge in [-0.2, -0.15) is 0 Å². The van der Waals surface area contributed by atoms with Crippen molar-refractivity contribution >= 4 is 33.9 Å². The van der Waals surface area contributed by atoms with Gasteiger partial charge < -0.3 is 15.2 Å². The summed E-state index contributed by atoms with van der Waals surface area (Å²) in [6, 6.07) is 16.6. The lowest BCUT2D eigenvalue weighted by Gasteiger charge is -2.09. The zero-order chi connectivity index (χ0) is 21.7. The van der Waals surface area contributed by atoms with Gasteiger partial charge in [0.25, 0.3) is 5.91 Å². The quantitative estimate of drug-likeness (QED) is 0.471. The molecule has 0 saturated carbocycles. The Morgan fingerprint density at radius 3 is 2.17 bits per heavy atom. The molecule has 0 bridgehead atoms. The van der Waals surface area contributed by atoms with Gasteiger partial charge in [-0.25, -0.2) is 13.6 Å². The minimum Gasteiger partial charge on any atom is -0.477 e. The third-order valence-electron chi connectivity index (χ3n) is 3.92. The van der Waals surface area contributed by atoms with Gasteiger partial charge in [0.05, 0.1) is 4.47 Å². The summed E-state index contributed by atoms with van der Waals surface area (Å²) in [5, 5.41) is 11.4. The van der Waals surface area contributed by atoms with E-state index in [9.17, 15) is 23.5 Å². The molecular formula is C22H14BrF2NO4. The molecule has 0 spiro atoms. The number of para-hydroxylation sites is 1. The van der Waals surface area contributed by atoms with E-state index >= 15 is 0 Å². The summed E-state index contributed by atoms with van der Waals surface area (Å²) >= 11 is 3.38. The average molecular weight is 474 g/mol. The number of carboxylic acid groups (broad SMARTS) is 1. The third kappa shape index (κ3) is 5.09. The van der Waals surface area contributed by atoms with Gasteiger partial charge in [-0.05, 0) is 64.0 Å². The Bertz CT molecular complexity index is 1110. The Balaban J connectivity index is 1.79. The zero-order valence-electron chi connectivity index (χ0n) is 15.2. The SMILES string of the molecule is O=C(O)/C(=C/c1ccc(Oc2ccccc2Br)cc1)NC(=O)c1c(F)cccc1F. The van der Waals surface area contributed by atoms with Gasteiger partial charge in [-0.1, -0.05) is 30.3 Å². The van der Waals surface area contributed by atoms with Crippen LogP contribution in [0.15, 0.2) is 76.9 Å². The number of ether oxygens (including phenoxy) is 1. The molecule has 0 fully saturated rings. The zero-order valence-corrected chi connectivity index (χ0v) is 16.8. The Morgan fingerprint density at radius 2 is 1.57 bits per heavy atom. The summed E-state index contributed by atoms with van der Waals surface area (Å²) in [6.07, 6.45) is 1.17. The van der Waals surface area contributed by atoms with E-state index in [4.69, 9.17) is 4.74 Å². The van der Waals surface area contributed by atoms with Crippen LogP contribution in [0.25, 0.3) is 6.08 Å². The number of amides is 1. The molecule has 0 aromatic heterocycles. The number of benzene rings is 3. The molecule has 0 radical (unpaired) electrons. The largest absolute Gasteiger partial charge is 0.477 e. The lowest BCUT2D eigenvalue weighted by molar-refractivity contribution is -0.132. The van der Waals surface area contributed by atoms with E-state index in [1.54, 1.807) is 30.3 Å². The number of aliphatic carboxylic acids is 1. The van der Waals surface area contributed by atoms with Crippen LogP contribution < -0.4 is 10.1 Å². The normalized spacial score (nSPS) is 11.1. The molecule has 0 heterocycles. The molecule has 3 aromatic carbocycles. The first-order valence-corrected chi connectivity index (χ1v) is 9.37. The summed E-state index contributed by atoms with van der Waals surface area (Å²) in [5.74, 6) is -3.74. The molecule has 3 aromatic rings. The van der Waals surface area contributed by atoms with Crippen molar-refractivity contribution in [1.82, 2.24) is 5.32 Å². The first-order chi connectivity index (χ1) is 14.3. The highest BCUT2D eigenvalue weighted by Gasteiger charge is 2.20. The van der Waals surface area contributed by atoms with Gasteiger partial charge in [0.1, 0.15) is 34.4 Å². The first kappa shape index (κ1) is 21.2. The van der Waals surface area contributed by atoms with Crippen molar-refractivity contribution in [2.75, 3.05) is 0 Å². The van der Waals surface area contributed by atoms with E-state index in [1.807, 2.05) is 23.5 Å². The summed E-state index contributed by atoms with van der Waals surface area (Å²) in [6.45, 7) is 0. The van der Waals surface area contributed by atoms with Crippen molar-refractivity contribution in [2.45, 2.75) is 0 Å². The Morgan fingerprint density at radius 1 is 0.933 bits per heavy atom. The van der Waals surface area contributed by atoms with Crippen molar-refractivity contribution in [2.24, 2.45) is 0 Å². The molecular weight excluding hydrogens is 460 g/mol. The fourth-order valence-electron chi connectivity index (χ4n) is 2.50. The van der Waals surface area contributed by atoms with Gasteiger partial charge in [0, 0.05) is 0 Å². The molecule has 30 heavy (non-hydrogen) atoms. The number of halogens is 3. The molecule has 1 amide bonds. The van der Waals surface area contributed by atoms with Crippen LogP contribution in [0.3, 0.4) is 0 Å². The monoisotopic (exact) mass is 473 g/mol. The number of hydrogen-bond donors (Lipinski definition) is 2. The summed E-state index contributed by atoms with van der Waals surface area (Å²) in [7, 11) is 0. The maximum atomic E-state index is 13.7. The van der Waals surface area contributed by atoms with E-state index in [-0.39, 0.29) is 0 Å². The first-order valence-electron chi connectivity index (χ1n) is 8.58. The average Bonchev–Trinajstić information content (AvgIpc) is 2.70. The molecule has 0 aliphatic heterocycles. The lowest BCUT2D eigenvalue weighted by Crippen LogP contribution is -2.28.